The number of hydrogen-bond acceptors (Lipinski definition) is 5. The van der Waals surface area contributed by atoms with Crippen LogP contribution < -0.4 is 10.2 Å². The van der Waals surface area contributed by atoms with Crippen LogP contribution in [0.1, 0.15) is 24.2 Å². The van der Waals surface area contributed by atoms with Crippen LogP contribution in [0.2, 0.25) is 0 Å². The fourth-order valence-electron chi connectivity index (χ4n) is 2.11. The molecule has 5 nitrogen and oxygen atoms in total. The third-order valence-corrected chi connectivity index (χ3v) is 3.22. The van der Waals surface area contributed by atoms with Crippen LogP contribution in [-0.2, 0) is 13.1 Å². The van der Waals surface area contributed by atoms with Crippen LogP contribution in [0.4, 0.5) is 5.95 Å². The summed E-state index contributed by atoms with van der Waals surface area (Å²) < 4.78 is 5.42. The quantitative estimate of drug-likeness (QED) is 0.858. The Balaban J connectivity index is 1.76. The van der Waals surface area contributed by atoms with Crippen molar-refractivity contribution >= 4 is 5.95 Å². The van der Waals surface area contributed by atoms with Gasteiger partial charge in [0.25, 0.3) is 0 Å². The second-order valence-electron chi connectivity index (χ2n) is 4.86. The summed E-state index contributed by atoms with van der Waals surface area (Å²) in [4.78, 5) is 11.2. The van der Waals surface area contributed by atoms with Crippen molar-refractivity contribution in [2.24, 2.45) is 0 Å². The highest BCUT2D eigenvalue weighted by Crippen LogP contribution is 2.31. The normalized spacial score (nSPS) is 14.6. The van der Waals surface area contributed by atoms with Crippen LogP contribution in [-0.4, -0.2) is 23.1 Å². The first-order chi connectivity index (χ1) is 9.36. The van der Waals surface area contributed by atoms with Gasteiger partial charge >= 0.3 is 0 Å². The van der Waals surface area contributed by atoms with Crippen LogP contribution in [0.15, 0.2) is 35.2 Å². The van der Waals surface area contributed by atoms with Crippen LogP contribution >= 0.6 is 0 Å². The monoisotopic (exact) mass is 258 g/mol. The smallest absolute Gasteiger partial charge is 0.225 e. The molecule has 0 unspecified atom stereocenters. The number of nitrogens with one attached hydrogen (secondary N) is 1. The molecular weight excluding hydrogens is 240 g/mol. The predicted molar refractivity (Wildman–Crippen MR) is 72.7 cm³/mol. The van der Waals surface area contributed by atoms with Gasteiger partial charge in [-0.3, -0.25) is 0 Å². The number of rotatable bonds is 6. The summed E-state index contributed by atoms with van der Waals surface area (Å²) >= 11 is 0. The molecule has 0 radical (unpaired) electrons. The third kappa shape index (κ3) is 2.93. The molecule has 0 aliphatic heterocycles. The van der Waals surface area contributed by atoms with Crippen LogP contribution in [0.25, 0.3) is 0 Å². The lowest BCUT2D eigenvalue weighted by Gasteiger charge is -2.21. The third-order valence-electron chi connectivity index (χ3n) is 3.22. The van der Waals surface area contributed by atoms with E-state index in [-0.39, 0.29) is 0 Å². The highest BCUT2D eigenvalue weighted by atomic mass is 16.3. The summed E-state index contributed by atoms with van der Waals surface area (Å²) in [7, 11) is 1.92. The molecular formula is C14H18N4O. The van der Waals surface area contributed by atoms with Crippen molar-refractivity contribution in [2.75, 3.05) is 11.9 Å². The molecule has 0 aromatic carbocycles. The molecule has 5 heteroatoms. The Morgan fingerprint density at radius 3 is 2.74 bits per heavy atom. The summed E-state index contributed by atoms with van der Waals surface area (Å²) in [5.41, 5.74) is 1.10. The molecule has 0 saturated heterocycles. The summed E-state index contributed by atoms with van der Waals surface area (Å²) in [6, 6.07) is 4.46. The van der Waals surface area contributed by atoms with Crippen molar-refractivity contribution in [3.8, 4) is 0 Å². The molecule has 100 valence electrons. The van der Waals surface area contributed by atoms with Crippen molar-refractivity contribution in [2.45, 2.75) is 32.0 Å². The predicted octanol–water partition coefficient (Wildman–Crippen LogP) is 1.96. The van der Waals surface area contributed by atoms with E-state index >= 15 is 0 Å². The first-order valence-corrected chi connectivity index (χ1v) is 6.61. The van der Waals surface area contributed by atoms with Gasteiger partial charge in [0, 0.05) is 30.5 Å². The van der Waals surface area contributed by atoms with Gasteiger partial charge in [-0.05, 0) is 32.0 Å². The van der Waals surface area contributed by atoms with E-state index in [9.17, 15) is 0 Å². The van der Waals surface area contributed by atoms with Gasteiger partial charge in [-0.25, -0.2) is 9.97 Å². The number of anilines is 1. The average Bonchev–Trinajstić information content (AvgIpc) is 3.15. The maximum Gasteiger partial charge on any atom is 0.225 e. The summed E-state index contributed by atoms with van der Waals surface area (Å²) in [6.07, 6.45) is 7.90. The number of hydrogen-bond donors (Lipinski definition) is 1. The summed E-state index contributed by atoms with van der Waals surface area (Å²) in [5.74, 6) is 1.74. The van der Waals surface area contributed by atoms with Crippen LogP contribution in [0.3, 0.4) is 0 Å². The fraction of sp³-hybridized carbons (Fsp3) is 0.429. The van der Waals surface area contributed by atoms with E-state index < -0.39 is 0 Å². The van der Waals surface area contributed by atoms with E-state index in [2.05, 4.69) is 20.2 Å². The molecule has 1 fully saturated rings. The Morgan fingerprint density at radius 2 is 2.16 bits per heavy atom. The van der Waals surface area contributed by atoms with Crippen molar-refractivity contribution < 1.29 is 4.42 Å². The largest absolute Gasteiger partial charge is 0.467 e. The first kappa shape index (κ1) is 12.2. The minimum absolute atomic E-state index is 0.556. The van der Waals surface area contributed by atoms with Crippen molar-refractivity contribution in [1.29, 1.82) is 0 Å². The Kier molecular flexibility index (Phi) is 3.46. The van der Waals surface area contributed by atoms with E-state index in [0.29, 0.717) is 6.04 Å². The molecule has 2 aromatic rings. The van der Waals surface area contributed by atoms with Crippen molar-refractivity contribution in [3.05, 3.63) is 42.1 Å². The van der Waals surface area contributed by atoms with Gasteiger partial charge in [0.15, 0.2) is 0 Å². The molecule has 1 aliphatic rings. The minimum Gasteiger partial charge on any atom is -0.467 e. The van der Waals surface area contributed by atoms with Crippen LogP contribution in [0.5, 0.6) is 0 Å². The zero-order chi connectivity index (χ0) is 13.1. The SMILES string of the molecule is CNCc1cnc(N(Cc2ccco2)C2CC2)nc1. The Labute approximate surface area is 112 Å². The lowest BCUT2D eigenvalue weighted by atomic mass is 10.3. The lowest BCUT2D eigenvalue weighted by Crippen LogP contribution is -2.26. The maximum atomic E-state index is 5.42. The topological polar surface area (TPSA) is 54.2 Å². The van der Waals surface area contributed by atoms with Gasteiger partial charge in [-0.2, -0.15) is 0 Å². The van der Waals surface area contributed by atoms with Gasteiger partial charge in [0.2, 0.25) is 5.95 Å². The van der Waals surface area contributed by atoms with E-state index in [1.54, 1.807) is 6.26 Å². The molecule has 0 atom stereocenters. The fourth-order valence-corrected chi connectivity index (χ4v) is 2.11. The Morgan fingerprint density at radius 1 is 1.37 bits per heavy atom. The Hall–Kier alpha value is -1.88. The van der Waals surface area contributed by atoms with E-state index in [4.69, 9.17) is 4.42 Å². The summed E-state index contributed by atoms with van der Waals surface area (Å²) in [6.45, 7) is 1.53. The Bertz CT molecular complexity index is 505. The van der Waals surface area contributed by atoms with E-state index in [0.717, 1.165) is 30.4 Å². The molecule has 1 saturated carbocycles. The van der Waals surface area contributed by atoms with Gasteiger partial charge in [-0.1, -0.05) is 0 Å². The first-order valence-electron chi connectivity index (χ1n) is 6.61. The molecule has 19 heavy (non-hydrogen) atoms. The highest BCUT2D eigenvalue weighted by molar-refractivity contribution is 5.34. The maximum absolute atomic E-state index is 5.42. The molecule has 1 N–H and O–H groups in total. The van der Waals surface area contributed by atoms with Gasteiger partial charge in [-0.15, -0.1) is 0 Å². The van der Waals surface area contributed by atoms with Gasteiger partial charge in [0.05, 0.1) is 12.8 Å². The average molecular weight is 258 g/mol. The van der Waals surface area contributed by atoms with E-state index in [1.807, 2.05) is 31.6 Å². The zero-order valence-electron chi connectivity index (χ0n) is 11.0. The summed E-state index contributed by atoms with van der Waals surface area (Å²) in [5, 5.41) is 3.10. The molecule has 0 spiro atoms. The lowest BCUT2D eigenvalue weighted by molar-refractivity contribution is 0.499. The second kappa shape index (κ2) is 5.40. The molecule has 1 aliphatic carbocycles. The van der Waals surface area contributed by atoms with Crippen LogP contribution in [0, 0.1) is 0 Å². The number of aromatic nitrogens is 2. The second-order valence-corrected chi connectivity index (χ2v) is 4.86. The van der Waals surface area contributed by atoms with E-state index in [1.165, 1.54) is 12.8 Å². The highest BCUT2D eigenvalue weighted by Gasteiger charge is 2.31. The van der Waals surface area contributed by atoms with Crippen molar-refractivity contribution in [1.82, 2.24) is 15.3 Å². The number of furan rings is 1. The molecule has 0 amide bonds. The standard InChI is InChI=1S/C14H18N4O/c1-15-7-11-8-16-14(17-9-11)18(12-4-5-12)10-13-3-2-6-19-13/h2-3,6,8-9,12,15H,4-5,7,10H2,1H3. The minimum atomic E-state index is 0.556. The van der Waals surface area contributed by atoms with Crippen molar-refractivity contribution in [3.63, 3.8) is 0 Å². The van der Waals surface area contributed by atoms with Gasteiger partial charge < -0.3 is 14.6 Å². The molecule has 3 rings (SSSR count). The van der Waals surface area contributed by atoms with Gasteiger partial charge in [0.1, 0.15) is 5.76 Å². The molecule has 0 bridgehead atoms. The number of nitrogens with zero attached hydrogens (tertiary/aromatic N) is 3. The zero-order valence-corrected chi connectivity index (χ0v) is 11.0. The molecule has 2 heterocycles. The molecule has 2 aromatic heterocycles.